The normalized spacial score (nSPS) is 19.0. The summed E-state index contributed by atoms with van der Waals surface area (Å²) in [6.07, 6.45) is 0. The molecule has 1 aliphatic heterocycles. The van der Waals surface area contributed by atoms with Gasteiger partial charge in [0.15, 0.2) is 17.6 Å². The number of alkyl halides is 1. The maximum Gasteiger partial charge on any atom is 0.267 e. The number of carbonyl (C=O) groups excluding carboxylic acids is 1. The summed E-state index contributed by atoms with van der Waals surface area (Å²) in [7, 11) is 1.41. The third kappa shape index (κ3) is 2.87. The Kier molecular flexibility index (Phi) is 4.58. The lowest BCUT2D eigenvalue weighted by Gasteiger charge is -2.26. The van der Waals surface area contributed by atoms with Crippen LogP contribution in [0.3, 0.4) is 0 Å². The first-order valence-electron chi connectivity index (χ1n) is 8.42. The number of rotatable bonds is 4. The first-order chi connectivity index (χ1) is 13.9. The number of nitrogens with zero attached hydrogens (tertiary/aromatic N) is 4. The Morgan fingerprint density at radius 3 is 2.69 bits per heavy atom. The van der Waals surface area contributed by atoms with Crippen LogP contribution in [0.1, 0.15) is 17.0 Å². The van der Waals surface area contributed by atoms with Crippen LogP contribution in [0.4, 0.5) is 13.2 Å². The van der Waals surface area contributed by atoms with Gasteiger partial charge in [0.25, 0.3) is 5.91 Å². The zero-order chi connectivity index (χ0) is 20.8. The molecule has 6 nitrogen and oxygen atoms in total. The maximum atomic E-state index is 14.6. The number of pyridine rings is 1. The minimum Gasteiger partial charge on any atom is -0.369 e. The molecule has 0 aliphatic carbocycles. The number of benzene rings is 1. The SMILES string of the molecule is CN1C(=O)C(c2cc(F)c(F)c(-c3cscn3)c2)(c2cccc(CF)n2)N=C1N. The minimum absolute atomic E-state index is 0.0141. The van der Waals surface area contributed by atoms with Crippen LogP contribution in [0, 0.1) is 11.6 Å². The third-order valence-electron chi connectivity index (χ3n) is 4.71. The van der Waals surface area contributed by atoms with E-state index in [0.29, 0.717) is 0 Å². The summed E-state index contributed by atoms with van der Waals surface area (Å²) in [6, 6.07) is 6.60. The van der Waals surface area contributed by atoms with Crippen molar-refractivity contribution in [3.05, 3.63) is 69.8 Å². The molecule has 3 aromatic rings. The van der Waals surface area contributed by atoms with Crippen molar-refractivity contribution < 1.29 is 18.0 Å². The van der Waals surface area contributed by atoms with Crippen molar-refractivity contribution in [2.75, 3.05) is 7.05 Å². The highest BCUT2D eigenvalue weighted by molar-refractivity contribution is 7.07. The number of guanidine groups is 1. The fourth-order valence-corrected chi connectivity index (χ4v) is 3.78. The third-order valence-corrected chi connectivity index (χ3v) is 5.30. The van der Waals surface area contributed by atoms with Crippen molar-refractivity contribution in [1.29, 1.82) is 0 Å². The van der Waals surface area contributed by atoms with Crippen LogP contribution in [-0.2, 0) is 17.0 Å². The molecule has 0 spiro atoms. The summed E-state index contributed by atoms with van der Waals surface area (Å²) in [4.78, 5) is 26.8. The first kappa shape index (κ1) is 19.1. The smallest absolute Gasteiger partial charge is 0.267 e. The van der Waals surface area contributed by atoms with Crippen LogP contribution in [0.5, 0.6) is 0 Å². The Morgan fingerprint density at radius 1 is 1.28 bits per heavy atom. The summed E-state index contributed by atoms with van der Waals surface area (Å²) in [5.41, 5.74) is 5.70. The lowest BCUT2D eigenvalue weighted by atomic mass is 9.84. The Bertz CT molecular complexity index is 1130. The number of hydrogen-bond donors (Lipinski definition) is 1. The Balaban J connectivity index is 2.03. The van der Waals surface area contributed by atoms with Gasteiger partial charge in [-0.1, -0.05) is 6.07 Å². The fraction of sp³-hybridized carbons (Fsp3) is 0.158. The van der Waals surface area contributed by atoms with Gasteiger partial charge >= 0.3 is 0 Å². The molecule has 2 N–H and O–H groups in total. The molecular formula is C19H14F3N5OS. The van der Waals surface area contributed by atoms with Crippen LogP contribution < -0.4 is 5.73 Å². The van der Waals surface area contributed by atoms with Crippen LogP contribution in [0.15, 0.2) is 46.2 Å². The monoisotopic (exact) mass is 417 g/mol. The van der Waals surface area contributed by atoms with Crippen molar-refractivity contribution >= 4 is 23.2 Å². The van der Waals surface area contributed by atoms with Crippen molar-refractivity contribution in [2.45, 2.75) is 12.2 Å². The molecule has 10 heteroatoms. The quantitative estimate of drug-likeness (QED) is 0.707. The molecule has 0 saturated heterocycles. The van der Waals surface area contributed by atoms with E-state index < -0.39 is 29.8 Å². The van der Waals surface area contributed by atoms with Crippen LogP contribution >= 0.6 is 11.3 Å². The molecule has 0 saturated carbocycles. The molecular weight excluding hydrogens is 403 g/mol. The molecule has 0 bridgehead atoms. The van der Waals surface area contributed by atoms with Gasteiger partial charge in [0, 0.05) is 18.0 Å². The van der Waals surface area contributed by atoms with E-state index in [2.05, 4.69) is 15.0 Å². The lowest BCUT2D eigenvalue weighted by Crippen LogP contribution is -2.41. The van der Waals surface area contributed by atoms with Gasteiger partial charge in [-0.3, -0.25) is 14.7 Å². The number of halogens is 3. The molecule has 0 radical (unpaired) electrons. The van der Waals surface area contributed by atoms with Crippen molar-refractivity contribution in [3.8, 4) is 11.3 Å². The molecule has 2 aromatic heterocycles. The number of aliphatic imine (C=N–C) groups is 1. The van der Waals surface area contributed by atoms with Crippen molar-refractivity contribution in [3.63, 3.8) is 0 Å². The highest BCUT2D eigenvalue weighted by atomic mass is 32.1. The Morgan fingerprint density at radius 2 is 2.07 bits per heavy atom. The Labute approximate surface area is 167 Å². The number of carbonyl (C=O) groups is 1. The van der Waals surface area contributed by atoms with Crippen molar-refractivity contribution in [2.24, 2.45) is 10.7 Å². The molecule has 29 heavy (non-hydrogen) atoms. The molecule has 1 aliphatic rings. The number of nitrogens with two attached hydrogens (primary N) is 1. The number of hydrogen-bond acceptors (Lipinski definition) is 6. The maximum absolute atomic E-state index is 14.6. The summed E-state index contributed by atoms with van der Waals surface area (Å²) < 4.78 is 42.3. The Hall–Kier alpha value is -3.27. The zero-order valence-electron chi connectivity index (χ0n) is 15.1. The van der Waals surface area contributed by atoms with E-state index in [1.165, 1.54) is 48.2 Å². The average molecular weight is 417 g/mol. The van der Waals surface area contributed by atoms with Crippen LogP contribution in [-0.4, -0.2) is 33.8 Å². The number of aromatic nitrogens is 2. The molecule has 148 valence electrons. The average Bonchev–Trinajstić information content (AvgIpc) is 3.34. The van der Waals surface area contributed by atoms with Crippen LogP contribution in [0.2, 0.25) is 0 Å². The van der Waals surface area contributed by atoms with E-state index in [9.17, 15) is 18.0 Å². The summed E-state index contributed by atoms with van der Waals surface area (Å²) in [5, 5.41) is 1.55. The second kappa shape index (κ2) is 6.96. The summed E-state index contributed by atoms with van der Waals surface area (Å²) >= 11 is 1.21. The van der Waals surface area contributed by atoms with Gasteiger partial charge in [-0.2, -0.15) is 0 Å². The topological polar surface area (TPSA) is 84.5 Å². The molecule has 1 atom stereocenters. The number of likely N-dealkylation sites (N-methyl/N-ethyl adjacent to an activating group) is 1. The molecule has 1 aromatic carbocycles. The molecule has 1 unspecified atom stereocenters. The summed E-state index contributed by atoms with van der Waals surface area (Å²) in [5.74, 6) is -3.02. The predicted molar refractivity (Wildman–Crippen MR) is 102 cm³/mol. The van der Waals surface area contributed by atoms with E-state index in [1.807, 2.05) is 0 Å². The first-order valence-corrected chi connectivity index (χ1v) is 9.36. The van der Waals surface area contributed by atoms with Gasteiger partial charge in [-0.25, -0.2) is 23.1 Å². The van der Waals surface area contributed by atoms with Gasteiger partial charge in [0.05, 0.1) is 22.6 Å². The fourth-order valence-electron chi connectivity index (χ4n) is 3.23. The standard InChI is InChI=1S/C19H14F3N5OS/c1-27-17(28)19(26-18(27)23,15-4-2-3-11(7-20)25-15)10-5-12(14-8-29-9-24-14)16(22)13(21)6-10/h2-6,8-9H,7H2,1H3,(H2,23,26). The van der Waals surface area contributed by atoms with Gasteiger partial charge in [0.2, 0.25) is 5.54 Å². The van der Waals surface area contributed by atoms with Gasteiger partial charge < -0.3 is 5.73 Å². The molecule has 3 heterocycles. The zero-order valence-corrected chi connectivity index (χ0v) is 15.9. The molecule has 1 amide bonds. The van der Waals surface area contributed by atoms with E-state index in [1.54, 1.807) is 5.38 Å². The lowest BCUT2D eigenvalue weighted by molar-refractivity contribution is -0.129. The minimum atomic E-state index is -1.87. The van der Waals surface area contributed by atoms with E-state index in [-0.39, 0.29) is 34.2 Å². The van der Waals surface area contributed by atoms with Crippen LogP contribution in [0.25, 0.3) is 11.3 Å². The van der Waals surface area contributed by atoms with E-state index in [0.717, 1.165) is 11.0 Å². The largest absolute Gasteiger partial charge is 0.369 e. The molecule has 4 rings (SSSR count). The van der Waals surface area contributed by atoms with E-state index >= 15 is 0 Å². The van der Waals surface area contributed by atoms with Gasteiger partial charge in [0.1, 0.15) is 6.67 Å². The van der Waals surface area contributed by atoms with Gasteiger partial charge in [-0.15, -0.1) is 11.3 Å². The second-order valence-electron chi connectivity index (χ2n) is 6.39. The predicted octanol–water partition coefficient (Wildman–Crippen LogP) is 2.98. The summed E-state index contributed by atoms with van der Waals surface area (Å²) in [6.45, 7) is -0.866. The number of amides is 1. The molecule has 0 fully saturated rings. The number of thiazole rings is 1. The van der Waals surface area contributed by atoms with Gasteiger partial charge in [-0.05, 0) is 29.8 Å². The second-order valence-corrected chi connectivity index (χ2v) is 7.10. The van der Waals surface area contributed by atoms with Crippen molar-refractivity contribution in [1.82, 2.24) is 14.9 Å². The van der Waals surface area contributed by atoms with E-state index in [4.69, 9.17) is 5.73 Å². The highest BCUT2D eigenvalue weighted by Crippen LogP contribution is 2.41. The highest BCUT2D eigenvalue weighted by Gasteiger charge is 2.51.